The van der Waals surface area contributed by atoms with Crippen LogP contribution in [0.4, 0.5) is 10.7 Å². The maximum Gasteiger partial charge on any atom is 0.415 e. The predicted octanol–water partition coefficient (Wildman–Crippen LogP) is 0.986. The minimum absolute atomic E-state index is 0.0238. The van der Waals surface area contributed by atoms with E-state index < -0.39 is 0 Å². The first kappa shape index (κ1) is 16.2. The first-order chi connectivity index (χ1) is 11.7. The molecule has 0 bridgehead atoms. The van der Waals surface area contributed by atoms with Crippen LogP contribution in [0.1, 0.15) is 6.92 Å². The van der Waals surface area contributed by atoms with Gasteiger partial charge in [0.2, 0.25) is 0 Å². The van der Waals surface area contributed by atoms with Crippen molar-refractivity contribution < 1.29 is 14.3 Å². The summed E-state index contributed by atoms with van der Waals surface area (Å²) in [6.45, 7) is 3.99. The summed E-state index contributed by atoms with van der Waals surface area (Å²) in [7, 11) is 1.57. The van der Waals surface area contributed by atoms with Gasteiger partial charge < -0.3 is 19.3 Å². The third-order valence-electron chi connectivity index (χ3n) is 3.78. The van der Waals surface area contributed by atoms with Crippen LogP contribution in [0.15, 0.2) is 30.3 Å². The van der Waals surface area contributed by atoms with Crippen molar-refractivity contribution in [3.8, 4) is 5.75 Å². The second-order valence-corrected chi connectivity index (χ2v) is 5.55. The first-order valence-corrected chi connectivity index (χ1v) is 7.72. The SMILES string of the molecule is COCn1nnc(N2CCN(C(=O)Oc3ccccc3)C(C)C2)n1. The fourth-order valence-corrected chi connectivity index (χ4v) is 2.59. The lowest BCUT2D eigenvalue weighted by molar-refractivity contribution is 0.107. The van der Waals surface area contributed by atoms with E-state index in [1.807, 2.05) is 30.0 Å². The normalized spacial score (nSPS) is 17.8. The lowest BCUT2D eigenvalue weighted by Crippen LogP contribution is -2.55. The van der Waals surface area contributed by atoms with Gasteiger partial charge in [0.05, 0.1) is 0 Å². The van der Waals surface area contributed by atoms with Crippen molar-refractivity contribution >= 4 is 12.0 Å². The molecular weight excluding hydrogens is 312 g/mol. The van der Waals surface area contributed by atoms with Crippen LogP contribution < -0.4 is 9.64 Å². The number of hydrogen-bond donors (Lipinski definition) is 0. The molecule has 1 aliphatic heterocycles. The number of tetrazole rings is 1. The summed E-state index contributed by atoms with van der Waals surface area (Å²) < 4.78 is 10.4. The lowest BCUT2D eigenvalue weighted by atomic mass is 10.2. The number of carbonyl (C=O) groups excluding carboxylic acids is 1. The van der Waals surface area contributed by atoms with Gasteiger partial charge in [0, 0.05) is 32.8 Å². The van der Waals surface area contributed by atoms with E-state index in [-0.39, 0.29) is 18.9 Å². The molecule has 2 aromatic rings. The molecular formula is C15H20N6O3. The van der Waals surface area contributed by atoms with E-state index in [1.54, 1.807) is 24.1 Å². The van der Waals surface area contributed by atoms with Crippen molar-refractivity contribution in [3.05, 3.63) is 30.3 Å². The van der Waals surface area contributed by atoms with Gasteiger partial charge in [0.1, 0.15) is 5.75 Å². The Morgan fingerprint density at radius 2 is 2.08 bits per heavy atom. The van der Waals surface area contributed by atoms with E-state index in [1.165, 1.54) is 4.80 Å². The summed E-state index contributed by atoms with van der Waals surface area (Å²) in [4.78, 5) is 17.4. The molecule has 3 rings (SSSR count). The largest absolute Gasteiger partial charge is 0.415 e. The molecule has 1 unspecified atom stereocenters. The molecule has 9 nitrogen and oxygen atoms in total. The summed E-state index contributed by atoms with van der Waals surface area (Å²) in [5.74, 6) is 1.08. The summed E-state index contributed by atoms with van der Waals surface area (Å²) in [6, 6.07) is 9.04. The molecule has 0 saturated carbocycles. The van der Waals surface area contributed by atoms with Crippen LogP contribution in [0.25, 0.3) is 0 Å². The monoisotopic (exact) mass is 332 g/mol. The van der Waals surface area contributed by atoms with Gasteiger partial charge >= 0.3 is 6.09 Å². The van der Waals surface area contributed by atoms with Gasteiger partial charge in [-0.25, -0.2) is 4.79 Å². The van der Waals surface area contributed by atoms with E-state index >= 15 is 0 Å². The second kappa shape index (κ2) is 7.26. The first-order valence-electron chi connectivity index (χ1n) is 7.72. The van der Waals surface area contributed by atoms with Crippen molar-refractivity contribution in [1.82, 2.24) is 25.1 Å². The highest BCUT2D eigenvalue weighted by atomic mass is 16.6. The average molecular weight is 332 g/mol. The number of methoxy groups -OCH3 is 1. The lowest BCUT2D eigenvalue weighted by Gasteiger charge is -2.38. The highest BCUT2D eigenvalue weighted by molar-refractivity contribution is 5.71. The van der Waals surface area contributed by atoms with Gasteiger partial charge in [-0.1, -0.05) is 23.3 Å². The Kier molecular flexibility index (Phi) is 4.90. The molecule has 1 aliphatic rings. The minimum atomic E-state index is -0.343. The van der Waals surface area contributed by atoms with Crippen molar-refractivity contribution in [2.24, 2.45) is 0 Å². The molecule has 0 N–H and O–H groups in total. The molecule has 128 valence electrons. The molecule has 9 heteroatoms. The number of para-hydroxylation sites is 1. The Bertz CT molecular complexity index is 677. The van der Waals surface area contributed by atoms with E-state index in [2.05, 4.69) is 15.4 Å². The molecule has 1 fully saturated rings. The fraction of sp³-hybridized carbons (Fsp3) is 0.467. The van der Waals surface area contributed by atoms with Gasteiger partial charge in [0.15, 0.2) is 6.73 Å². The molecule has 1 aromatic carbocycles. The van der Waals surface area contributed by atoms with Gasteiger partial charge in [-0.15, -0.1) is 9.90 Å². The van der Waals surface area contributed by atoms with Crippen LogP contribution in [0.3, 0.4) is 0 Å². The summed E-state index contributed by atoms with van der Waals surface area (Å²) >= 11 is 0. The molecule has 0 radical (unpaired) electrons. The zero-order valence-corrected chi connectivity index (χ0v) is 13.7. The molecule has 1 saturated heterocycles. The van der Waals surface area contributed by atoms with E-state index in [9.17, 15) is 4.79 Å². The number of rotatable bonds is 4. The zero-order valence-electron chi connectivity index (χ0n) is 13.7. The number of amides is 1. The van der Waals surface area contributed by atoms with Gasteiger partial charge in [-0.3, -0.25) is 0 Å². The predicted molar refractivity (Wildman–Crippen MR) is 85.7 cm³/mol. The van der Waals surface area contributed by atoms with Gasteiger partial charge in [0.25, 0.3) is 5.95 Å². The minimum Gasteiger partial charge on any atom is -0.410 e. The quantitative estimate of drug-likeness (QED) is 0.825. The Labute approximate surface area is 139 Å². The smallest absolute Gasteiger partial charge is 0.410 e. The van der Waals surface area contributed by atoms with E-state index in [0.29, 0.717) is 31.3 Å². The van der Waals surface area contributed by atoms with Crippen molar-refractivity contribution in [2.45, 2.75) is 19.7 Å². The molecule has 1 atom stereocenters. The zero-order chi connectivity index (χ0) is 16.9. The summed E-state index contributed by atoms with van der Waals surface area (Å²) in [5, 5.41) is 12.2. The topological polar surface area (TPSA) is 85.6 Å². The molecule has 1 aromatic heterocycles. The van der Waals surface area contributed by atoms with Crippen LogP contribution in [0, 0.1) is 0 Å². The number of anilines is 1. The van der Waals surface area contributed by atoms with Gasteiger partial charge in [-0.05, 0) is 24.3 Å². The third-order valence-corrected chi connectivity index (χ3v) is 3.78. The molecule has 1 amide bonds. The number of nitrogens with zero attached hydrogens (tertiary/aromatic N) is 6. The van der Waals surface area contributed by atoms with Crippen LogP contribution in [0.2, 0.25) is 0 Å². The highest BCUT2D eigenvalue weighted by Crippen LogP contribution is 2.17. The Balaban J connectivity index is 1.59. The second-order valence-electron chi connectivity index (χ2n) is 5.55. The molecule has 0 aliphatic carbocycles. The highest BCUT2D eigenvalue weighted by Gasteiger charge is 2.30. The van der Waals surface area contributed by atoms with Crippen LogP contribution >= 0.6 is 0 Å². The Morgan fingerprint density at radius 3 is 2.79 bits per heavy atom. The Hall–Kier alpha value is -2.68. The van der Waals surface area contributed by atoms with Gasteiger partial charge in [-0.2, -0.15) is 0 Å². The van der Waals surface area contributed by atoms with Crippen LogP contribution in [-0.2, 0) is 11.5 Å². The maximum atomic E-state index is 12.3. The fourth-order valence-electron chi connectivity index (χ4n) is 2.59. The summed E-state index contributed by atoms with van der Waals surface area (Å²) in [5.41, 5.74) is 0. The number of aromatic nitrogens is 4. The molecule has 2 heterocycles. The number of carbonyl (C=O) groups is 1. The maximum absolute atomic E-state index is 12.3. The number of benzene rings is 1. The number of hydrogen-bond acceptors (Lipinski definition) is 7. The van der Waals surface area contributed by atoms with Crippen LogP contribution in [-0.4, -0.2) is 64.0 Å². The van der Waals surface area contributed by atoms with Crippen molar-refractivity contribution in [3.63, 3.8) is 0 Å². The number of piperazine rings is 1. The van der Waals surface area contributed by atoms with Crippen molar-refractivity contribution in [1.29, 1.82) is 0 Å². The standard InChI is InChI=1S/C15H20N6O3/c1-12-10-19(14-16-18-21(17-14)11-23-2)8-9-20(12)15(22)24-13-6-4-3-5-7-13/h3-7,12H,8-11H2,1-2H3. The molecule has 0 spiro atoms. The average Bonchev–Trinajstić information content (AvgIpc) is 3.04. The van der Waals surface area contributed by atoms with E-state index in [0.717, 1.165) is 0 Å². The third kappa shape index (κ3) is 3.62. The van der Waals surface area contributed by atoms with E-state index in [4.69, 9.17) is 9.47 Å². The Morgan fingerprint density at radius 1 is 1.29 bits per heavy atom. The van der Waals surface area contributed by atoms with Crippen LogP contribution in [0.5, 0.6) is 5.75 Å². The number of ether oxygens (including phenoxy) is 2. The molecule has 24 heavy (non-hydrogen) atoms. The van der Waals surface area contributed by atoms with Crippen molar-refractivity contribution in [2.75, 3.05) is 31.6 Å². The summed E-state index contributed by atoms with van der Waals surface area (Å²) in [6.07, 6.45) is -0.343.